The van der Waals surface area contributed by atoms with Crippen molar-refractivity contribution < 1.29 is 17.9 Å². The summed E-state index contributed by atoms with van der Waals surface area (Å²) in [6, 6.07) is 10.7. The molecule has 8 heteroatoms. The molecule has 172 valence electrons. The topological polar surface area (TPSA) is 81.5 Å². The number of aromatic nitrogens is 2. The summed E-state index contributed by atoms with van der Waals surface area (Å²) in [5.41, 5.74) is 3.49. The number of rotatable bonds is 9. The van der Waals surface area contributed by atoms with Gasteiger partial charge >= 0.3 is 5.97 Å². The van der Waals surface area contributed by atoms with Crippen molar-refractivity contribution in [2.45, 2.75) is 58.9 Å². The number of sulfonamides is 1. The maximum absolute atomic E-state index is 12.9. The predicted octanol–water partition coefficient (Wildman–Crippen LogP) is 4.24. The molecule has 0 radical (unpaired) electrons. The summed E-state index contributed by atoms with van der Waals surface area (Å²) in [4.78, 5) is 17.3. The van der Waals surface area contributed by atoms with Gasteiger partial charge < -0.3 is 9.30 Å². The Morgan fingerprint density at radius 2 is 1.78 bits per heavy atom. The molecule has 0 unspecified atom stereocenters. The van der Waals surface area contributed by atoms with Gasteiger partial charge in [-0.3, -0.25) is 4.79 Å². The minimum atomic E-state index is -3.56. The summed E-state index contributed by atoms with van der Waals surface area (Å²) in [6.45, 7) is 11.0. The number of carbonyl (C=O) groups is 1. The number of carbonyl (C=O) groups excluding carboxylic acids is 1. The zero-order chi connectivity index (χ0) is 23.5. The lowest BCUT2D eigenvalue weighted by Crippen LogP contribution is -2.30. The molecule has 0 bridgehead atoms. The standard InChI is InChI=1S/C24H31N3O4S/c1-6-26(7-2)32(29,30)19-10-11-21-20(16-19)25-23(27(21)8-3)13-14-24(28)31-22-12-9-17(4)15-18(22)5/h9-12,15-16H,6-8,13-14H2,1-5H3. The van der Waals surface area contributed by atoms with Gasteiger partial charge in [-0.1, -0.05) is 31.5 Å². The Hall–Kier alpha value is -2.71. The van der Waals surface area contributed by atoms with E-state index >= 15 is 0 Å². The molecule has 0 aliphatic heterocycles. The van der Waals surface area contributed by atoms with Gasteiger partial charge in [-0.2, -0.15) is 4.31 Å². The van der Waals surface area contributed by atoms with E-state index in [1.54, 1.807) is 18.2 Å². The summed E-state index contributed by atoms with van der Waals surface area (Å²) >= 11 is 0. The van der Waals surface area contributed by atoms with Gasteiger partial charge in [0.25, 0.3) is 0 Å². The number of ether oxygens (including phenoxy) is 1. The Labute approximate surface area is 190 Å². The first-order valence-corrected chi connectivity index (χ1v) is 12.4. The monoisotopic (exact) mass is 457 g/mol. The SMILES string of the molecule is CCN(CC)S(=O)(=O)c1ccc2c(c1)nc(CCC(=O)Oc1ccc(C)cc1C)n2CC. The lowest BCUT2D eigenvalue weighted by atomic mass is 10.1. The number of fused-ring (bicyclic) bond motifs is 1. The van der Waals surface area contributed by atoms with E-state index < -0.39 is 10.0 Å². The molecule has 0 spiro atoms. The van der Waals surface area contributed by atoms with Crippen LogP contribution in [0.1, 0.15) is 44.1 Å². The summed E-state index contributed by atoms with van der Waals surface area (Å²) < 4.78 is 34.7. The molecule has 0 atom stereocenters. The lowest BCUT2D eigenvalue weighted by molar-refractivity contribution is -0.134. The van der Waals surface area contributed by atoms with Crippen LogP contribution in [0.25, 0.3) is 11.0 Å². The fraction of sp³-hybridized carbons (Fsp3) is 0.417. The molecule has 32 heavy (non-hydrogen) atoms. The third-order valence-corrected chi connectivity index (χ3v) is 7.61. The van der Waals surface area contributed by atoms with Crippen molar-refractivity contribution in [1.29, 1.82) is 0 Å². The van der Waals surface area contributed by atoms with Crippen LogP contribution in [0.15, 0.2) is 41.3 Å². The Morgan fingerprint density at radius 1 is 1.06 bits per heavy atom. The first-order chi connectivity index (χ1) is 15.2. The van der Waals surface area contributed by atoms with E-state index in [9.17, 15) is 13.2 Å². The summed E-state index contributed by atoms with van der Waals surface area (Å²) in [5, 5.41) is 0. The molecular weight excluding hydrogens is 426 g/mol. The average Bonchev–Trinajstić information content (AvgIpc) is 3.11. The van der Waals surface area contributed by atoms with Crippen LogP contribution < -0.4 is 4.74 Å². The maximum atomic E-state index is 12.9. The highest BCUT2D eigenvalue weighted by atomic mass is 32.2. The number of benzene rings is 2. The molecule has 3 aromatic rings. The number of esters is 1. The Kier molecular flexibility index (Phi) is 7.36. The van der Waals surface area contributed by atoms with Crippen LogP contribution in [-0.2, 0) is 27.8 Å². The fourth-order valence-electron chi connectivity index (χ4n) is 3.88. The van der Waals surface area contributed by atoms with Crippen molar-refractivity contribution in [2.24, 2.45) is 0 Å². The summed E-state index contributed by atoms with van der Waals surface area (Å²) in [5.74, 6) is 0.977. The molecule has 0 saturated carbocycles. The zero-order valence-electron chi connectivity index (χ0n) is 19.4. The lowest BCUT2D eigenvalue weighted by Gasteiger charge is -2.18. The van der Waals surface area contributed by atoms with E-state index in [4.69, 9.17) is 4.74 Å². The summed E-state index contributed by atoms with van der Waals surface area (Å²) in [7, 11) is -3.56. The maximum Gasteiger partial charge on any atom is 0.311 e. The van der Waals surface area contributed by atoms with E-state index in [2.05, 4.69) is 4.98 Å². The van der Waals surface area contributed by atoms with Crippen LogP contribution >= 0.6 is 0 Å². The van der Waals surface area contributed by atoms with Gasteiger partial charge in [0, 0.05) is 26.1 Å². The van der Waals surface area contributed by atoms with Crippen molar-refractivity contribution in [3.63, 3.8) is 0 Å². The minimum absolute atomic E-state index is 0.182. The van der Waals surface area contributed by atoms with Crippen molar-refractivity contribution >= 4 is 27.0 Å². The Bertz CT molecular complexity index is 1230. The Balaban J connectivity index is 1.81. The molecule has 1 aromatic heterocycles. The second-order valence-corrected chi connectivity index (χ2v) is 9.69. The van der Waals surface area contributed by atoms with Crippen molar-refractivity contribution in [1.82, 2.24) is 13.9 Å². The normalized spacial score (nSPS) is 11.9. The van der Waals surface area contributed by atoms with Gasteiger partial charge in [0.1, 0.15) is 11.6 Å². The smallest absolute Gasteiger partial charge is 0.311 e. The van der Waals surface area contributed by atoms with Crippen LogP contribution in [-0.4, -0.2) is 41.3 Å². The molecule has 0 fully saturated rings. The Morgan fingerprint density at radius 3 is 2.41 bits per heavy atom. The van der Waals surface area contributed by atoms with Crippen LogP contribution in [0.4, 0.5) is 0 Å². The van der Waals surface area contributed by atoms with Gasteiger partial charge in [-0.25, -0.2) is 13.4 Å². The number of nitrogens with zero attached hydrogens (tertiary/aromatic N) is 3. The van der Waals surface area contributed by atoms with Crippen LogP contribution in [0.3, 0.4) is 0 Å². The first-order valence-electron chi connectivity index (χ1n) is 11.0. The molecule has 0 aliphatic rings. The van der Waals surface area contributed by atoms with Crippen molar-refractivity contribution in [2.75, 3.05) is 13.1 Å². The van der Waals surface area contributed by atoms with Gasteiger partial charge in [-0.05, 0) is 50.6 Å². The predicted molar refractivity (Wildman–Crippen MR) is 125 cm³/mol. The van der Waals surface area contributed by atoms with E-state index in [-0.39, 0.29) is 17.3 Å². The molecule has 0 saturated heterocycles. The third-order valence-electron chi connectivity index (χ3n) is 5.57. The molecule has 0 amide bonds. The van der Waals surface area contributed by atoms with E-state index in [0.717, 1.165) is 22.5 Å². The quantitative estimate of drug-likeness (QED) is 0.355. The largest absolute Gasteiger partial charge is 0.426 e. The third kappa shape index (κ3) is 4.86. The number of imidazole rings is 1. The van der Waals surface area contributed by atoms with Gasteiger partial charge in [0.05, 0.1) is 22.3 Å². The van der Waals surface area contributed by atoms with Gasteiger partial charge in [0.2, 0.25) is 10.0 Å². The molecule has 1 heterocycles. The number of aryl methyl sites for hydroxylation is 4. The first kappa shape index (κ1) is 23.9. The van der Waals surface area contributed by atoms with Gasteiger partial charge in [0.15, 0.2) is 0 Å². The minimum Gasteiger partial charge on any atom is -0.426 e. The highest BCUT2D eigenvalue weighted by Crippen LogP contribution is 2.24. The molecule has 0 aliphatic carbocycles. The summed E-state index contributed by atoms with van der Waals surface area (Å²) in [6.07, 6.45) is 0.589. The van der Waals surface area contributed by atoms with Crippen LogP contribution in [0, 0.1) is 13.8 Å². The molecular formula is C24H31N3O4S. The molecule has 7 nitrogen and oxygen atoms in total. The fourth-order valence-corrected chi connectivity index (χ4v) is 5.36. The van der Waals surface area contributed by atoms with E-state index in [0.29, 0.717) is 37.3 Å². The molecule has 0 N–H and O–H groups in total. The second-order valence-electron chi connectivity index (χ2n) is 7.76. The van der Waals surface area contributed by atoms with Gasteiger partial charge in [-0.15, -0.1) is 0 Å². The number of hydrogen-bond acceptors (Lipinski definition) is 5. The van der Waals surface area contributed by atoms with Crippen molar-refractivity contribution in [3.8, 4) is 5.75 Å². The molecule has 3 rings (SSSR count). The molecule has 2 aromatic carbocycles. The van der Waals surface area contributed by atoms with Crippen molar-refractivity contribution in [3.05, 3.63) is 53.3 Å². The average molecular weight is 458 g/mol. The van der Waals surface area contributed by atoms with Crippen LogP contribution in [0.2, 0.25) is 0 Å². The highest BCUT2D eigenvalue weighted by molar-refractivity contribution is 7.89. The highest BCUT2D eigenvalue weighted by Gasteiger charge is 2.23. The van der Waals surface area contributed by atoms with E-state index in [1.165, 1.54) is 4.31 Å². The number of hydrogen-bond donors (Lipinski definition) is 0. The van der Waals surface area contributed by atoms with E-state index in [1.807, 2.05) is 57.4 Å². The zero-order valence-corrected chi connectivity index (χ0v) is 20.2. The second kappa shape index (κ2) is 9.83. The van der Waals surface area contributed by atoms with Crippen LogP contribution in [0.5, 0.6) is 5.75 Å².